The number of ether oxygens (including phenoxy) is 1. The van der Waals surface area contributed by atoms with E-state index in [-0.39, 0.29) is 0 Å². The van der Waals surface area contributed by atoms with Crippen molar-refractivity contribution in [2.24, 2.45) is 0 Å². The molecule has 2 aromatic rings. The predicted molar refractivity (Wildman–Crippen MR) is 116 cm³/mol. The lowest BCUT2D eigenvalue weighted by atomic mass is 10.2. The van der Waals surface area contributed by atoms with Crippen LogP contribution in [0.15, 0.2) is 35.2 Å². The molecule has 2 rings (SSSR count). The van der Waals surface area contributed by atoms with Crippen LogP contribution in [-0.2, 0) is 0 Å². The van der Waals surface area contributed by atoms with Gasteiger partial charge in [-0.2, -0.15) is 9.97 Å². The lowest BCUT2D eigenvalue weighted by molar-refractivity contribution is 0.139. The maximum atomic E-state index is 6.42. The Bertz CT molecular complexity index is 719. The molecule has 0 saturated carbocycles. The molecule has 1 heterocycles. The van der Waals surface area contributed by atoms with Crippen molar-refractivity contribution in [2.75, 3.05) is 31.4 Å². The fraction of sp³-hybridized carbons (Fsp3) is 0.500. The van der Waals surface area contributed by atoms with Crippen LogP contribution in [0.3, 0.4) is 0 Å². The van der Waals surface area contributed by atoms with Crippen LogP contribution in [-0.4, -0.2) is 53.4 Å². The maximum Gasteiger partial charge on any atom is 0.234 e. The van der Waals surface area contributed by atoms with E-state index in [1.165, 1.54) is 11.8 Å². The Morgan fingerprint density at radius 2 is 1.70 bits per heavy atom. The molecule has 1 aromatic heterocycles. The van der Waals surface area contributed by atoms with E-state index in [0.29, 0.717) is 35.7 Å². The summed E-state index contributed by atoms with van der Waals surface area (Å²) < 4.78 is 6.04. The van der Waals surface area contributed by atoms with E-state index >= 15 is 0 Å². The van der Waals surface area contributed by atoms with E-state index in [4.69, 9.17) is 16.3 Å². The molecule has 148 valence electrons. The molecule has 0 fully saturated rings. The molecule has 0 aliphatic carbocycles. The number of benzene rings is 1. The number of anilines is 2. The number of hydrogen-bond acceptors (Lipinski definition) is 6. The summed E-state index contributed by atoms with van der Waals surface area (Å²) in [7, 11) is 1.92. The fourth-order valence-corrected chi connectivity index (χ4v) is 3.82. The highest BCUT2D eigenvalue weighted by Crippen LogP contribution is 2.34. The van der Waals surface area contributed by atoms with Gasteiger partial charge in [0.2, 0.25) is 11.8 Å². The Balaban J connectivity index is 2.21. The first-order valence-electron chi connectivity index (χ1n) is 9.14. The number of rotatable bonds is 9. The molecule has 0 aliphatic rings. The first-order valence-corrected chi connectivity index (χ1v) is 10.7. The molecule has 0 aliphatic heterocycles. The number of nitrogens with zero attached hydrogens (tertiary/aromatic N) is 4. The zero-order valence-electron chi connectivity index (χ0n) is 16.9. The second-order valence-electron chi connectivity index (χ2n) is 6.82. The summed E-state index contributed by atoms with van der Waals surface area (Å²) in [4.78, 5) is 14.1. The van der Waals surface area contributed by atoms with Gasteiger partial charge >= 0.3 is 0 Å². The van der Waals surface area contributed by atoms with Gasteiger partial charge in [-0.1, -0.05) is 29.8 Å². The number of thioether (sulfide) groups is 1. The minimum atomic E-state index is 0.412. The topological polar surface area (TPSA) is 41.5 Å². The number of halogens is 1. The molecule has 7 heteroatoms. The van der Waals surface area contributed by atoms with Gasteiger partial charge in [0, 0.05) is 31.4 Å². The van der Waals surface area contributed by atoms with Crippen LogP contribution >= 0.6 is 23.4 Å². The molecule has 5 nitrogen and oxygen atoms in total. The van der Waals surface area contributed by atoms with Gasteiger partial charge in [0.15, 0.2) is 5.15 Å². The minimum absolute atomic E-state index is 0.412. The van der Waals surface area contributed by atoms with E-state index in [9.17, 15) is 0 Å². The lowest BCUT2D eigenvalue weighted by Crippen LogP contribution is -2.39. The Labute approximate surface area is 172 Å². The highest BCUT2D eigenvalue weighted by atomic mass is 35.5. The van der Waals surface area contributed by atoms with Gasteiger partial charge in [0.05, 0.1) is 0 Å². The molecule has 0 spiro atoms. The van der Waals surface area contributed by atoms with Crippen molar-refractivity contribution in [3.8, 4) is 5.88 Å². The second kappa shape index (κ2) is 10.2. The van der Waals surface area contributed by atoms with Crippen LogP contribution in [0.5, 0.6) is 5.88 Å². The van der Waals surface area contributed by atoms with Crippen molar-refractivity contribution in [1.29, 1.82) is 0 Å². The zero-order valence-corrected chi connectivity index (χ0v) is 18.5. The first kappa shape index (κ1) is 21.8. The van der Waals surface area contributed by atoms with Crippen molar-refractivity contribution >= 4 is 35.0 Å². The van der Waals surface area contributed by atoms with E-state index in [2.05, 4.69) is 42.6 Å². The normalized spacial score (nSPS) is 11.5. The van der Waals surface area contributed by atoms with Crippen LogP contribution in [0.25, 0.3) is 0 Å². The molecule has 0 unspecified atom stereocenters. The van der Waals surface area contributed by atoms with Gasteiger partial charge in [0.1, 0.15) is 11.5 Å². The number of aromatic nitrogens is 2. The third-order valence-electron chi connectivity index (χ3n) is 4.34. The van der Waals surface area contributed by atoms with E-state index < -0.39 is 0 Å². The van der Waals surface area contributed by atoms with Crippen LogP contribution in [0.4, 0.5) is 11.6 Å². The van der Waals surface area contributed by atoms with Crippen LogP contribution in [0.2, 0.25) is 5.15 Å². The van der Waals surface area contributed by atoms with Gasteiger partial charge in [-0.05, 0) is 46.1 Å². The maximum absolute atomic E-state index is 6.42. The Morgan fingerprint density at radius 3 is 2.26 bits per heavy atom. The lowest BCUT2D eigenvalue weighted by Gasteiger charge is -2.30. The largest absolute Gasteiger partial charge is 0.475 e. The van der Waals surface area contributed by atoms with E-state index in [1.807, 2.05) is 48.5 Å². The van der Waals surface area contributed by atoms with Crippen molar-refractivity contribution in [3.05, 3.63) is 35.5 Å². The molecule has 0 bridgehead atoms. The Morgan fingerprint density at radius 1 is 1.07 bits per heavy atom. The Kier molecular flexibility index (Phi) is 8.20. The average molecular weight is 409 g/mol. The molecule has 0 N–H and O–H groups in total. The summed E-state index contributed by atoms with van der Waals surface area (Å²) >= 11 is 7.92. The standard InChI is InChI=1S/C20H29ClN4OS/c1-14(2)25(15(3)4)12-13-26-19-17(27-6)18(21)22-20(23-19)24(5)16-10-8-7-9-11-16/h7-11,14-15H,12-13H2,1-6H3. The summed E-state index contributed by atoms with van der Waals surface area (Å²) in [6.07, 6.45) is 1.95. The van der Waals surface area contributed by atoms with E-state index in [0.717, 1.165) is 17.1 Å². The monoisotopic (exact) mass is 408 g/mol. The molecule has 0 atom stereocenters. The van der Waals surface area contributed by atoms with Crippen molar-refractivity contribution in [1.82, 2.24) is 14.9 Å². The highest BCUT2D eigenvalue weighted by Gasteiger charge is 2.18. The van der Waals surface area contributed by atoms with Gasteiger partial charge in [-0.15, -0.1) is 11.8 Å². The molecule has 0 radical (unpaired) electrons. The van der Waals surface area contributed by atoms with Gasteiger partial charge in [-0.25, -0.2) is 0 Å². The summed E-state index contributed by atoms with van der Waals surface area (Å²) in [6.45, 7) is 10.2. The Hall–Kier alpha value is -1.50. The van der Waals surface area contributed by atoms with Crippen molar-refractivity contribution < 1.29 is 4.74 Å². The summed E-state index contributed by atoms with van der Waals surface area (Å²) in [5.74, 6) is 1.05. The number of hydrogen-bond donors (Lipinski definition) is 0. The summed E-state index contributed by atoms with van der Waals surface area (Å²) in [6, 6.07) is 10.9. The molecule has 1 aromatic carbocycles. The second-order valence-corrected chi connectivity index (χ2v) is 8.00. The van der Waals surface area contributed by atoms with Gasteiger partial charge in [0.25, 0.3) is 0 Å². The first-order chi connectivity index (χ1) is 12.8. The quantitative estimate of drug-likeness (QED) is 0.423. The third kappa shape index (κ3) is 5.74. The van der Waals surface area contributed by atoms with Crippen molar-refractivity contribution in [3.63, 3.8) is 0 Å². The van der Waals surface area contributed by atoms with Crippen LogP contribution < -0.4 is 9.64 Å². The molecule has 0 saturated heterocycles. The highest BCUT2D eigenvalue weighted by molar-refractivity contribution is 7.98. The summed E-state index contributed by atoms with van der Waals surface area (Å²) in [5, 5.41) is 0.412. The van der Waals surface area contributed by atoms with Crippen LogP contribution in [0, 0.1) is 0 Å². The van der Waals surface area contributed by atoms with Crippen LogP contribution in [0.1, 0.15) is 27.7 Å². The minimum Gasteiger partial charge on any atom is -0.475 e. The molecular weight excluding hydrogens is 380 g/mol. The zero-order chi connectivity index (χ0) is 20.0. The SMILES string of the molecule is CSc1c(Cl)nc(N(C)c2ccccc2)nc1OCCN(C(C)C)C(C)C. The predicted octanol–water partition coefficient (Wildman–Crippen LogP) is 5.12. The van der Waals surface area contributed by atoms with Gasteiger partial charge in [-0.3, -0.25) is 4.90 Å². The molecular formula is C20H29ClN4OS. The molecule has 27 heavy (non-hydrogen) atoms. The van der Waals surface area contributed by atoms with Gasteiger partial charge < -0.3 is 9.64 Å². The smallest absolute Gasteiger partial charge is 0.234 e. The van der Waals surface area contributed by atoms with E-state index in [1.54, 1.807) is 0 Å². The average Bonchev–Trinajstić information content (AvgIpc) is 2.64. The molecule has 0 amide bonds. The number of para-hydroxylation sites is 1. The third-order valence-corrected chi connectivity index (χ3v) is 5.51. The fourth-order valence-electron chi connectivity index (χ4n) is 2.94. The van der Waals surface area contributed by atoms with Crippen molar-refractivity contribution in [2.45, 2.75) is 44.7 Å². The summed E-state index contributed by atoms with van der Waals surface area (Å²) in [5.41, 5.74) is 0.988.